The van der Waals surface area contributed by atoms with Crippen molar-refractivity contribution in [1.29, 1.82) is 0 Å². The minimum Gasteiger partial charge on any atom is -0.480 e. The molecule has 5 N–H and O–H groups in total. The van der Waals surface area contributed by atoms with Gasteiger partial charge < -0.3 is 21.1 Å². The van der Waals surface area contributed by atoms with E-state index in [1.807, 2.05) is 13.8 Å². The fraction of sp³-hybridized carbons (Fsp3) is 0.750. The number of carboxylic acids is 1. The summed E-state index contributed by atoms with van der Waals surface area (Å²) in [6.45, 7) is 3.69. The number of hydrogen-bond acceptors (Lipinski definition) is 4. The third-order valence-electron chi connectivity index (χ3n) is 1.55. The largest absolute Gasteiger partial charge is 0.480 e. The zero-order valence-corrected chi connectivity index (χ0v) is 8.21. The third kappa shape index (κ3) is 4.78. The normalized spacial score (nSPS) is 14.9. The number of hydrogen-bond donors (Lipinski definition) is 4. The van der Waals surface area contributed by atoms with Gasteiger partial charge in [0.15, 0.2) is 5.84 Å². The number of aliphatic hydroxyl groups is 2. The Morgan fingerprint density at radius 2 is 1.93 bits per heavy atom. The van der Waals surface area contributed by atoms with E-state index in [1.54, 1.807) is 0 Å². The topological polar surface area (TPSA) is 116 Å². The highest BCUT2D eigenvalue weighted by molar-refractivity contribution is 5.86. The van der Waals surface area contributed by atoms with Crippen LogP contribution in [0, 0.1) is 5.92 Å². The van der Waals surface area contributed by atoms with Gasteiger partial charge in [-0.25, -0.2) is 4.79 Å². The average Bonchev–Trinajstić information content (AvgIpc) is 2.01. The van der Waals surface area contributed by atoms with Gasteiger partial charge in [-0.15, -0.1) is 0 Å². The zero-order valence-electron chi connectivity index (χ0n) is 8.21. The Morgan fingerprint density at radius 1 is 1.43 bits per heavy atom. The highest BCUT2D eigenvalue weighted by Gasteiger charge is 2.19. The highest BCUT2D eigenvalue weighted by Crippen LogP contribution is 2.08. The minimum atomic E-state index is -1.90. The van der Waals surface area contributed by atoms with Gasteiger partial charge in [0, 0.05) is 0 Å². The van der Waals surface area contributed by atoms with Crippen LogP contribution in [0.3, 0.4) is 0 Å². The molecule has 0 aliphatic rings. The van der Waals surface area contributed by atoms with E-state index < -0.39 is 24.1 Å². The third-order valence-corrected chi connectivity index (χ3v) is 1.55. The van der Waals surface area contributed by atoms with Crippen molar-refractivity contribution in [3.8, 4) is 0 Å². The maximum absolute atomic E-state index is 10.7. The van der Waals surface area contributed by atoms with Crippen LogP contribution in [0.2, 0.25) is 0 Å². The smallest absolute Gasteiger partial charge is 0.328 e. The second-order valence-corrected chi connectivity index (χ2v) is 3.41. The fourth-order valence-electron chi connectivity index (χ4n) is 0.902. The van der Waals surface area contributed by atoms with Crippen LogP contribution in [0.1, 0.15) is 20.3 Å². The quantitative estimate of drug-likeness (QED) is 0.264. The van der Waals surface area contributed by atoms with Crippen molar-refractivity contribution in [1.82, 2.24) is 0 Å². The fourth-order valence-corrected chi connectivity index (χ4v) is 0.902. The summed E-state index contributed by atoms with van der Waals surface area (Å²) >= 11 is 0. The lowest BCUT2D eigenvalue weighted by molar-refractivity contribution is -0.138. The van der Waals surface area contributed by atoms with Gasteiger partial charge in [0.2, 0.25) is 6.29 Å². The zero-order chi connectivity index (χ0) is 11.3. The van der Waals surface area contributed by atoms with Crippen LogP contribution >= 0.6 is 0 Å². The van der Waals surface area contributed by atoms with Crippen molar-refractivity contribution in [2.24, 2.45) is 16.6 Å². The van der Waals surface area contributed by atoms with Gasteiger partial charge >= 0.3 is 5.97 Å². The van der Waals surface area contributed by atoms with Crippen molar-refractivity contribution in [3.63, 3.8) is 0 Å². The molecule has 0 aromatic carbocycles. The van der Waals surface area contributed by atoms with Crippen LogP contribution in [0.4, 0.5) is 0 Å². The van der Waals surface area contributed by atoms with Gasteiger partial charge in [0.05, 0.1) is 0 Å². The maximum atomic E-state index is 10.7. The van der Waals surface area contributed by atoms with E-state index in [0.29, 0.717) is 6.42 Å². The lowest BCUT2D eigenvalue weighted by atomic mass is 10.0. The van der Waals surface area contributed by atoms with Gasteiger partial charge in [-0.05, 0) is 12.3 Å². The molecule has 0 unspecified atom stereocenters. The lowest BCUT2D eigenvalue weighted by Crippen LogP contribution is -2.32. The SMILES string of the molecule is CC(C)C[C@H](N=C(N)C(O)O)C(=O)O. The van der Waals surface area contributed by atoms with E-state index in [9.17, 15) is 4.79 Å². The molecule has 6 heteroatoms. The van der Waals surface area contributed by atoms with E-state index in [2.05, 4.69) is 4.99 Å². The molecule has 82 valence electrons. The summed E-state index contributed by atoms with van der Waals surface area (Å²) in [6.07, 6.45) is -1.59. The van der Waals surface area contributed by atoms with Crippen LogP contribution < -0.4 is 5.73 Å². The Bertz CT molecular complexity index is 225. The van der Waals surface area contributed by atoms with Crippen molar-refractivity contribution < 1.29 is 20.1 Å². The number of carbonyl (C=O) groups is 1. The number of aliphatic hydroxyl groups excluding tert-OH is 1. The Kier molecular flexibility index (Phi) is 5.11. The second kappa shape index (κ2) is 5.56. The van der Waals surface area contributed by atoms with Crippen LogP contribution in [-0.2, 0) is 4.79 Å². The molecule has 0 spiro atoms. The van der Waals surface area contributed by atoms with Gasteiger partial charge in [0.1, 0.15) is 6.04 Å². The van der Waals surface area contributed by atoms with E-state index in [0.717, 1.165) is 0 Å². The van der Waals surface area contributed by atoms with Gasteiger partial charge in [0.25, 0.3) is 0 Å². The van der Waals surface area contributed by atoms with E-state index in [-0.39, 0.29) is 5.92 Å². The molecule has 0 radical (unpaired) electrons. The monoisotopic (exact) mass is 204 g/mol. The molecule has 0 fully saturated rings. The van der Waals surface area contributed by atoms with Crippen LogP contribution in [0.5, 0.6) is 0 Å². The number of nitrogens with zero attached hydrogens (tertiary/aromatic N) is 1. The first kappa shape index (κ1) is 12.9. The number of aliphatic imine (C=N–C) groups is 1. The summed E-state index contributed by atoms with van der Waals surface area (Å²) < 4.78 is 0. The summed E-state index contributed by atoms with van der Waals surface area (Å²) in [4.78, 5) is 14.2. The Balaban J connectivity index is 4.52. The summed E-state index contributed by atoms with van der Waals surface area (Å²) in [5, 5.41) is 25.9. The molecule has 1 atom stereocenters. The summed E-state index contributed by atoms with van der Waals surface area (Å²) in [7, 11) is 0. The molecule has 0 saturated heterocycles. The highest BCUT2D eigenvalue weighted by atomic mass is 16.5. The number of carboxylic acid groups (broad SMARTS) is 1. The molecular formula is C8H16N2O4. The van der Waals surface area contributed by atoms with Crippen molar-refractivity contribution in [2.45, 2.75) is 32.6 Å². The second-order valence-electron chi connectivity index (χ2n) is 3.41. The molecule has 14 heavy (non-hydrogen) atoms. The molecule has 0 aliphatic heterocycles. The van der Waals surface area contributed by atoms with Crippen molar-refractivity contribution in [3.05, 3.63) is 0 Å². The first-order valence-corrected chi connectivity index (χ1v) is 4.26. The first-order valence-electron chi connectivity index (χ1n) is 4.26. The average molecular weight is 204 g/mol. The van der Waals surface area contributed by atoms with Crippen LogP contribution in [0.25, 0.3) is 0 Å². The number of nitrogens with two attached hydrogens (primary N) is 1. The van der Waals surface area contributed by atoms with Crippen molar-refractivity contribution >= 4 is 11.8 Å². The predicted octanol–water partition coefficient (Wildman–Crippen LogP) is -0.846. The molecule has 0 aromatic heterocycles. The molecule has 0 aromatic rings. The van der Waals surface area contributed by atoms with Crippen molar-refractivity contribution in [2.75, 3.05) is 0 Å². The molecule has 0 saturated carbocycles. The summed E-state index contributed by atoms with van der Waals surface area (Å²) in [6, 6.07) is -1.02. The summed E-state index contributed by atoms with van der Waals surface area (Å²) in [5.74, 6) is -1.45. The van der Waals surface area contributed by atoms with Gasteiger partial charge in [-0.2, -0.15) is 0 Å². The maximum Gasteiger partial charge on any atom is 0.328 e. The summed E-state index contributed by atoms with van der Waals surface area (Å²) in [5.41, 5.74) is 5.12. The molecule has 0 bridgehead atoms. The molecule has 0 heterocycles. The number of amidine groups is 1. The number of rotatable bonds is 5. The minimum absolute atomic E-state index is 0.142. The standard InChI is InChI=1S/C8H16N2O4/c1-4(2)3-5(7(11)12)10-6(9)8(13)14/h4-5,8,13-14H,3H2,1-2H3,(H2,9,10)(H,11,12)/t5-/m0/s1. The lowest BCUT2D eigenvalue weighted by Gasteiger charge is -2.11. The predicted molar refractivity (Wildman–Crippen MR) is 50.7 cm³/mol. The van der Waals surface area contributed by atoms with E-state index >= 15 is 0 Å². The van der Waals surface area contributed by atoms with E-state index in [4.69, 9.17) is 21.1 Å². The Morgan fingerprint density at radius 3 is 2.21 bits per heavy atom. The molecule has 0 amide bonds. The van der Waals surface area contributed by atoms with Gasteiger partial charge in [-0.3, -0.25) is 4.99 Å². The Hall–Kier alpha value is -1.14. The van der Waals surface area contributed by atoms with Crippen LogP contribution in [0.15, 0.2) is 4.99 Å². The number of aliphatic carboxylic acids is 1. The van der Waals surface area contributed by atoms with E-state index in [1.165, 1.54) is 0 Å². The Labute approximate surface area is 82.1 Å². The molecule has 6 nitrogen and oxygen atoms in total. The molecular weight excluding hydrogens is 188 g/mol. The first-order chi connectivity index (χ1) is 6.34. The molecule has 0 aliphatic carbocycles. The molecule has 0 rings (SSSR count). The van der Waals surface area contributed by atoms with Crippen LogP contribution in [-0.4, -0.2) is 39.5 Å². The van der Waals surface area contributed by atoms with Gasteiger partial charge in [-0.1, -0.05) is 13.8 Å².